The smallest absolute Gasteiger partial charge is 0.323 e. The molecule has 6 nitrogen and oxygen atoms in total. The normalized spacial score (nSPS) is 25.3. The van der Waals surface area contributed by atoms with E-state index in [9.17, 15) is 9.90 Å². The molecule has 0 saturated heterocycles. The third-order valence-corrected chi connectivity index (χ3v) is 3.81. The number of carboxylic acid groups (broad SMARTS) is 1. The monoisotopic (exact) mass is 303 g/mol. The molecule has 1 fully saturated rings. The number of aliphatic carboxylic acids is 1. The topological polar surface area (TPSA) is 77.0 Å². The summed E-state index contributed by atoms with van der Waals surface area (Å²) >= 11 is 0. The lowest BCUT2D eigenvalue weighted by molar-refractivity contribution is -0.145. The molecule has 0 aromatic rings. The van der Waals surface area contributed by atoms with Crippen molar-refractivity contribution in [3.63, 3.8) is 0 Å². The third kappa shape index (κ3) is 6.30. The minimum atomic E-state index is -0.796. The van der Waals surface area contributed by atoms with Crippen LogP contribution < -0.4 is 5.32 Å². The highest BCUT2D eigenvalue weighted by Gasteiger charge is 2.45. The Kier molecular flexibility index (Phi) is 8.84. The number of ether oxygens (including phenoxy) is 3. The van der Waals surface area contributed by atoms with Crippen LogP contribution in [0.1, 0.15) is 39.0 Å². The van der Waals surface area contributed by atoms with Crippen LogP contribution in [0.4, 0.5) is 0 Å². The highest BCUT2D eigenvalue weighted by atomic mass is 16.5. The maximum absolute atomic E-state index is 11.5. The second-order valence-electron chi connectivity index (χ2n) is 5.51. The van der Waals surface area contributed by atoms with Crippen molar-refractivity contribution in [3.05, 3.63) is 0 Å². The molecule has 6 heteroatoms. The highest BCUT2D eigenvalue weighted by Crippen LogP contribution is 2.32. The first-order chi connectivity index (χ1) is 10.1. The van der Waals surface area contributed by atoms with E-state index >= 15 is 0 Å². The van der Waals surface area contributed by atoms with E-state index in [1.54, 1.807) is 7.11 Å². The Bertz CT molecular complexity index is 300. The number of hydrogen-bond acceptors (Lipinski definition) is 5. The molecule has 124 valence electrons. The quantitative estimate of drug-likeness (QED) is 0.531. The van der Waals surface area contributed by atoms with Gasteiger partial charge in [0.05, 0.1) is 19.3 Å². The molecule has 21 heavy (non-hydrogen) atoms. The number of carbonyl (C=O) groups is 1. The zero-order chi connectivity index (χ0) is 15.6. The minimum absolute atomic E-state index is 0.0319. The lowest BCUT2D eigenvalue weighted by atomic mass is 9.97. The summed E-state index contributed by atoms with van der Waals surface area (Å²) in [5.74, 6) is -0.759. The average molecular weight is 303 g/mol. The van der Waals surface area contributed by atoms with Crippen molar-refractivity contribution < 1.29 is 24.1 Å². The van der Waals surface area contributed by atoms with Crippen LogP contribution in [0.2, 0.25) is 0 Å². The summed E-state index contributed by atoms with van der Waals surface area (Å²) < 4.78 is 16.0. The molecule has 0 aliphatic heterocycles. The predicted molar refractivity (Wildman–Crippen MR) is 79.6 cm³/mol. The van der Waals surface area contributed by atoms with Gasteiger partial charge in [0.25, 0.3) is 0 Å². The zero-order valence-electron chi connectivity index (χ0n) is 13.2. The van der Waals surface area contributed by atoms with Crippen molar-refractivity contribution in [1.29, 1.82) is 0 Å². The summed E-state index contributed by atoms with van der Waals surface area (Å²) in [4.78, 5) is 11.5. The van der Waals surface area contributed by atoms with Gasteiger partial charge in [-0.25, -0.2) is 0 Å². The van der Waals surface area contributed by atoms with Gasteiger partial charge in [0.2, 0.25) is 0 Å². The van der Waals surface area contributed by atoms with Crippen molar-refractivity contribution in [2.24, 2.45) is 0 Å². The molecule has 0 heterocycles. The molecule has 1 aliphatic rings. The van der Waals surface area contributed by atoms with Crippen molar-refractivity contribution in [3.8, 4) is 0 Å². The van der Waals surface area contributed by atoms with Crippen molar-refractivity contribution in [2.45, 2.75) is 50.7 Å². The molecule has 1 aliphatic carbocycles. The third-order valence-electron chi connectivity index (χ3n) is 3.81. The fourth-order valence-electron chi connectivity index (χ4n) is 2.59. The highest BCUT2D eigenvalue weighted by molar-refractivity contribution is 5.79. The number of methoxy groups -OCH3 is 1. The summed E-state index contributed by atoms with van der Waals surface area (Å²) in [6.07, 6.45) is 3.77. The minimum Gasteiger partial charge on any atom is -0.480 e. The zero-order valence-corrected chi connectivity index (χ0v) is 13.2. The van der Waals surface area contributed by atoms with Gasteiger partial charge in [0, 0.05) is 26.7 Å². The van der Waals surface area contributed by atoms with Gasteiger partial charge in [0.15, 0.2) is 0 Å². The van der Waals surface area contributed by atoms with Crippen LogP contribution in [-0.2, 0) is 19.0 Å². The standard InChI is InChI=1S/C15H29NO5/c1-3-7-16-15(14(17)18)6-5-13(12-15)21-9-4-8-20-11-10-19-2/h13,16H,3-12H2,1-2H3,(H,17,18). The molecule has 0 bridgehead atoms. The summed E-state index contributed by atoms with van der Waals surface area (Å²) in [7, 11) is 1.65. The van der Waals surface area contributed by atoms with Crippen LogP contribution in [-0.4, -0.2) is 62.8 Å². The van der Waals surface area contributed by atoms with Crippen LogP contribution in [0.3, 0.4) is 0 Å². The van der Waals surface area contributed by atoms with Gasteiger partial charge in [-0.15, -0.1) is 0 Å². The molecule has 0 spiro atoms. The Morgan fingerprint density at radius 3 is 2.81 bits per heavy atom. The number of rotatable bonds is 12. The summed E-state index contributed by atoms with van der Waals surface area (Å²) in [6, 6.07) is 0. The second kappa shape index (κ2) is 10.1. The van der Waals surface area contributed by atoms with Gasteiger partial charge in [-0.2, -0.15) is 0 Å². The summed E-state index contributed by atoms with van der Waals surface area (Å²) in [6.45, 7) is 5.23. The van der Waals surface area contributed by atoms with E-state index in [4.69, 9.17) is 14.2 Å². The predicted octanol–water partition coefficient (Wildman–Crippen LogP) is 1.43. The maximum Gasteiger partial charge on any atom is 0.323 e. The number of carboxylic acids is 1. The molecular formula is C15H29NO5. The first-order valence-electron chi connectivity index (χ1n) is 7.81. The lowest BCUT2D eigenvalue weighted by Crippen LogP contribution is -2.50. The fourth-order valence-corrected chi connectivity index (χ4v) is 2.59. The molecule has 0 aromatic heterocycles. The van der Waals surface area contributed by atoms with E-state index in [-0.39, 0.29) is 6.10 Å². The SMILES string of the molecule is CCCNC1(C(=O)O)CCC(OCCCOCCOC)C1. The molecular weight excluding hydrogens is 274 g/mol. The molecule has 0 aromatic carbocycles. The van der Waals surface area contributed by atoms with E-state index in [0.717, 1.165) is 25.8 Å². The van der Waals surface area contributed by atoms with Gasteiger partial charge >= 0.3 is 5.97 Å². The first kappa shape index (κ1) is 18.4. The Balaban J connectivity index is 2.19. The second-order valence-corrected chi connectivity index (χ2v) is 5.51. The van der Waals surface area contributed by atoms with E-state index in [1.807, 2.05) is 6.92 Å². The summed E-state index contributed by atoms with van der Waals surface area (Å²) in [5, 5.41) is 12.6. The van der Waals surface area contributed by atoms with Gasteiger partial charge in [0.1, 0.15) is 5.54 Å². The Labute approximate surface area is 127 Å². The molecule has 2 atom stereocenters. The van der Waals surface area contributed by atoms with Crippen molar-refractivity contribution in [2.75, 3.05) is 40.1 Å². The largest absolute Gasteiger partial charge is 0.480 e. The van der Waals surface area contributed by atoms with Crippen molar-refractivity contribution in [1.82, 2.24) is 5.32 Å². The van der Waals surface area contributed by atoms with Crippen LogP contribution >= 0.6 is 0 Å². The molecule has 1 rings (SSSR count). The molecule has 1 saturated carbocycles. The molecule has 2 unspecified atom stereocenters. The lowest BCUT2D eigenvalue weighted by Gasteiger charge is -2.25. The van der Waals surface area contributed by atoms with E-state index < -0.39 is 11.5 Å². The van der Waals surface area contributed by atoms with Crippen LogP contribution in [0.25, 0.3) is 0 Å². The van der Waals surface area contributed by atoms with Crippen LogP contribution in [0, 0.1) is 0 Å². The van der Waals surface area contributed by atoms with Crippen LogP contribution in [0.5, 0.6) is 0 Å². The van der Waals surface area contributed by atoms with Gasteiger partial charge in [-0.05, 0) is 32.2 Å². The fraction of sp³-hybridized carbons (Fsp3) is 0.933. The summed E-state index contributed by atoms with van der Waals surface area (Å²) in [5.41, 5.74) is -0.796. The van der Waals surface area contributed by atoms with Gasteiger partial charge in [-0.3, -0.25) is 4.79 Å². The molecule has 2 N–H and O–H groups in total. The average Bonchev–Trinajstić information content (AvgIpc) is 2.89. The molecule has 0 amide bonds. The number of hydrogen-bond donors (Lipinski definition) is 2. The Morgan fingerprint density at radius 1 is 1.33 bits per heavy atom. The number of nitrogens with one attached hydrogen (secondary N) is 1. The van der Waals surface area contributed by atoms with Crippen LogP contribution in [0.15, 0.2) is 0 Å². The van der Waals surface area contributed by atoms with Gasteiger partial charge in [-0.1, -0.05) is 6.92 Å². The van der Waals surface area contributed by atoms with E-state index in [1.165, 1.54) is 0 Å². The Morgan fingerprint density at radius 2 is 2.14 bits per heavy atom. The Hall–Kier alpha value is -0.690. The molecule has 0 radical (unpaired) electrons. The maximum atomic E-state index is 11.5. The van der Waals surface area contributed by atoms with Crippen molar-refractivity contribution >= 4 is 5.97 Å². The van der Waals surface area contributed by atoms with Gasteiger partial charge < -0.3 is 24.6 Å². The van der Waals surface area contributed by atoms with E-state index in [0.29, 0.717) is 39.3 Å². The first-order valence-corrected chi connectivity index (χ1v) is 7.81. The van der Waals surface area contributed by atoms with E-state index in [2.05, 4.69) is 5.32 Å².